The molecule has 0 heterocycles. The molecule has 0 aromatic carbocycles. The molecule has 21 heavy (non-hydrogen) atoms. The van der Waals surface area contributed by atoms with E-state index in [0.29, 0.717) is 0 Å². The summed E-state index contributed by atoms with van der Waals surface area (Å²) >= 11 is 4.77. The molecule has 0 amide bonds. The lowest BCUT2D eigenvalue weighted by molar-refractivity contribution is 0.531. The molecule has 0 saturated carbocycles. The second-order valence-electron chi connectivity index (χ2n) is 6.33. The molecule has 1 N–H and O–H groups in total. The van der Waals surface area contributed by atoms with Crippen LogP contribution >= 0.6 is 0 Å². The Balaban J connectivity index is 2.95. The summed E-state index contributed by atoms with van der Waals surface area (Å²) < 4.78 is 9.01. The minimum Gasteiger partial charge on any atom is -0.327 e. The fourth-order valence-electron chi connectivity index (χ4n) is 2.77. The van der Waals surface area contributed by atoms with Crippen molar-refractivity contribution in [1.29, 1.82) is 0 Å². The quantitative estimate of drug-likeness (QED) is 0.295. The van der Waals surface area contributed by atoms with Crippen LogP contribution in [-0.4, -0.2) is 10.3 Å². The highest BCUT2D eigenvalue weighted by Crippen LogP contribution is 2.13. The highest BCUT2D eigenvalue weighted by Gasteiger charge is 1.95. The molecule has 128 valence electrons. The first kappa shape index (κ1) is 21.5. The average molecular weight is 335 g/mol. The summed E-state index contributed by atoms with van der Waals surface area (Å²) in [6.45, 7) is 2.28. The molecule has 0 saturated heterocycles. The van der Waals surface area contributed by atoms with Crippen LogP contribution in [0.5, 0.6) is 0 Å². The van der Waals surface area contributed by atoms with Crippen LogP contribution in [0.15, 0.2) is 0 Å². The third kappa shape index (κ3) is 20.5. The molecule has 0 bridgehead atoms. The molecule has 0 radical (unpaired) electrons. The Bertz CT molecular complexity index is 219. The molecule has 0 spiro atoms. The first-order valence-corrected chi connectivity index (χ1v) is 11.6. The van der Waals surface area contributed by atoms with Crippen LogP contribution in [0.25, 0.3) is 0 Å². The molecule has 0 aliphatic rings. The van der Waals surface area contributed by atoms with Gasteiger partial charge in [0.05, 0.1) is 0 Å². The van der Waals surface area contributed by atoms with Crippen LogP contribution in [-0.2, 0) is 20.9 Å². The highest BCUT2D eigenvalue weighted by molar-refractivity contribution is 8.25. The van der Waals surface area contributed by atoms with Crippen molar-refractivity contribution in [1.82, 2.24) is 0 Å². The number of unbranched alkanes of at least 4 members (excludes halogenated alkanes) is 15. The minimum atomic E-state index is -0.750. The molecule has 0 aliphatic heterocycles. The van der Waals surface area contributed by atoms with E-state index in [0.717, 1.165) is 12.2 Å². The first-order valence-electron chi connectivity index (χ1n) is 9.35. The molecule has 0 rings (SSSR count). The Hall–Kier alpha value is 0.530. The van der Waals surface area contributed by atoms with Crippen molar-refractivity contribution in [2.45, 2.75) is 110 Å². The van der Waals surface area contributed by atoms with E-state index in [1.165, 1.54) is 96.3 Å². The van der Waals surface area contributed by atoms with Gasteiger partial charge in [0.25, 0.3) is 0 Å². The molecule has 0 fully saturated rings. The van der Waals surface area contributed by atoms with Gasteiger partial charge in [-0.15, -0.1) is 0 Å². The molecule has 0 aliphatic carbocycles. The number of rotatable bonds is 17. The van der Waals surface area contributed by atoms with Gasteiger partial charge in [-0.3, -0.25) is 0 Å². The van der Waals surface area contributed by atoms with Gasteiger partial charge in [0.2, 0.25) is 0 Å². The van der Waals surface area contributed by atoms with Gasteiger partial charge in [0.1, 0.15) is 0 Å². The molecule has 3 heteroatoms. The summed E-state index contributed by atoms with van der Waals surface area (Å²) in [6.07, 6.45) is 22.3. The zero-order valence-corrected chi connectivity index (χ0v) is 15.9. The SMILES string of the molecule is CCCCCCCCCCCCCCCCCCS(O)=S. The van der Waals surface area contributed by atoms with E-state index in [4.69, 9.17) is 15.7 Å². The second kappa shape index (κ2) is 18.6. The molecule has 0 aromatic rings. The Morgan fingerprint density at radius 3 is 1.14 bits per heavy atom. The summed E-state index contributed by atoms with van der Waals surface area (Å²) in [4.78, 5) is 0. The van der Waals surface area contributed by atoms with Crippen molar-refractivity contribution < 1.29 is 4.55 Å². The lowest BCUT2D eigenvalue weighted by atomic mass is 10.0. The van der Waals surface area contributed by atoms with Gasteiger partial charge in [0.15, 0.2) is 0 Å². The van der Waals surface area contributed by atoms with Crippen LogP contribution in [0.2, 0.25) is 0 Å². The Morgan fingerprint density at radius 1 is 0.571 bits per heavy atom. The van der Waals surface area contributed by atoms with Crippen molar-refractivity contribution in [2.75, 3.05) is 5.75 Å². The maximum absolute atomic E-state index is 9.01. The third-order valence-electron chi connectivity index (χ3n) is 4.17. The standard InChI is InChI=1S/C18H38OS2/c1-2-3-4-5-6-7-8-9-10-11-12-13-14-15-16-17-18-21(19)20/h2-18H2,1H3,(H,19,20). The highest BCUT2D eigenvalue weighted by atomic mass is 32.8. The van der Waals surface area contributed by atoms with Crippen LogP contribution in [0.4, 0.5) is 0 Å². The van der Waals surface area contributed by atoms with Gasteiger partial charge in [-0.2, -0.15) is 0 Å². The van der Waals surface area contributed by atoms with E-state index in [2.05, 4.69) is 6.92 Å². The monoisotopic (exact) mass is 334 g/mol. The third-order valence-corrected chi connectivity index (χ3v) is 5.31. The van der Waals surface area contributed by atoms with Crippen molar-refractivity contribution in [3.05, 3.63) is 0 Å². The lowest BCUT2D eigenvalue weighted by Gasteiger charge is -2.03. The Labute approximate surface area is 141 Å². The van der Waals surface area contributed by atoms with Gasteiger partial charge in [-0.25, -0.2) is 0 Å². The first-order chi connectivity index (χ1) is 10.3. The van der Waals surface area contributed by atoms with Gasteiger partial charge >= 0.3 is 0 Å². The zero-order valence-electron chi connectivity index (χ0n) is 14.3. The molecular formula is C18H38OS2. The summed E-state index contributed by atoms with van der Waals surface area (Å²) in [6, 6.07) is 0. The predicted octanol–water partition coefficient (Wildman–Crippen LogP) is 6.80. The summed E-state index contributed by atoms with van der Waals surface area (Å²) in [5.74, 6) is 0.827. The van der Waals surface area contributed by atoms with E-state index in [1.54, 1.807) is 0 Å². The zero-order chi connectivity index (χ0) is 15.6. The second-order valence-corrected chi connectivity index (χ2v) is 8.53. The normalized spacial score (nSPS) is 12.7. The van der Waals surface area contributed by atoms with E-state index < -0.39 is 9.74 Å². The lowest BCUT2D eigenvalue weighted by Crippen LogP contribution is -1.92. The van der Waals surface area contributed by atoms with E-state index in [-0.39, 0.29) is 0 Å². The van der Waals surface area contributed by atoms with Crippen molar-refractivity contribution in [3.63, 3.8) is 0 Å². The van der Waals surface area contributed by atoms with Gasteiger partial charge < -0.3 is 4.55 Å². The van der Waals surface area contributed by atoms with Crippen LogP contribution in [0, 0.1) is 0 Å². The van der Waals surface area contributed by atoms with Crippen molar-refractivity contribution in [2.24, 2.45) is 0 Å². The Morgan fingerprint density at radius 2 is 0.857 bits per heavy atom. The maximum Gasteiger partial charge on any atom is 0.0223 e. The van der Waals surface area contributed by atoms with Gasteiger partial charge in [-0.05, 0) is 17.6 Å². The van der Waals surface area contributed by atoms with Crippen LogP contribution in [0.3, 0.4) is 0 Å². The van der Waals surface area contributed by atoms with Crippen LogP contribution < -0.4 is 0 Å². The van der Waals surface area contributed by atoms with Crippen molar-refractivity contribution >= 4 is 20.9 Å². The summed E-state index contributed by atoms with van der Waals surface area (Å²) in [7, 11) is -0.750. The summed E-state index contributed by atoms with van der Waals surface area (Å²) in [5.41, 5.74) is 0. The van der Waals surface area contributed by atoms with Crippen LogP contribution in [0.1, 0.15) is 110 Å². The molecule has 1 atom stereocenters. The fourth-order valence-corrected chi connectivity index (χ4v) is 3.58. The topological polar surface area (TPSA) is 20.2 Å². The van der Waals surface area contributed by atoms with Gasteiger partial charge in [-0.1, -0.05) is 103 Å². The molecule has 0 aromatic heterocycles. The number of hydrogen-bond acceptors (Lipinski definition) is 1. The molecular weight excluding hydrogens is 296 g/mol. The number of hydrogen-bond donors (Lipinski definition) is 1. The van der Waals surface area contributed by atoms with Gasteiger partial charge in [0, 0.05) is 15.5 Å². The Kier molecular flexibility index (Phi) is 19.0. The maximum atomic E-state index is 9.01. The largest absolute Gasteiger partial charge is 0.327 e. The smallest absolute Gasteiger partial charge is 0.0223 e. The fraction of sp³-hybridized carbons (Fsp3) is 1.00. The predicted molar refractivity (Wildman–Crippen MR) is 102 cm³/mol. The molecule has 1 unspecified atom stereocenters. The minimum absolute atomic E-state index is 0.750. The van der Waals surface area contributed by atoms with Crippen molar-refractivity contribution in [3.8, 4) is 0 Å². The van der Waals surface area contributed by atoms with E-state index in [9.17, 15) is 0 Å². The average Bonchev–Trinajstić information content (AvgIpc) is 2.46. The molecule has 1 nitrogen and oxygen atoms in total. The summed E-state index contributed by atoms with van der Waals surface area (Å²) in [5, 5.41) is 0. The van der Waals surface area contributed by atoms with E-state index >= 15 is 0 Å². The van der Waals surface area contributed by atoms with E-state index in [1.807, 2.05) is 0 Å².